The molecule has 0 aromatic heterocycles. The minimum absolute atomic E-state index is 0.154. The maximum atomic E-state index is 13.1. The van der Waals surface area contributed by atoms with Crippen LogP contribution in [0.25, 0.3) is 0 Å². The fraction of sp³-hybridized carbons (Fsp3) is 0.471. The smallest absolute Gasteiger partial charge is 0.303 e. The molecule has 0 saturated carbocycles. The van der Waals surface area contributed by atoms with Crippen LogP contribution in [0, 0.1) is 13.8 Å². The zero-order valence-corrected chi connectivity index (χ0v) is 31.2. The van der Waals surface area contributed by atoms with Gasteiger partial charge in [0.2, 0.25) is 0 Å². The third-order valence-corrected chi connectivity index (χ3v) is 10.3. The molecule has 2 aromatic carbocycles. The van der Waals surface area contributed by atoms with E-state index in [9.17, 15) is 36.0 Å². The summed E-state index contributed by atoms with van der Waals surface area (Å²) in [7, 11) is -8.78. The molecule has 0 aliphatic carbocycles. The first-order chi connectivity index (χ1) is 24.9. The second-order valence-corrected chi connectivity index (χ2v) is 15.3. The molecule has 290 valence electrons. The Kier molecular flexibility index (Phi) is 13.7. The Labute approximate surface area is 306 Å². The summed E-state index contributed by atoms with van der Waals surface area (Å²) in [6, 6.07) is 11.6. The van der Waals surface area contributed by atoms with Crippen molar-refractivity contribution in [2.45, 2.75) is 100 Å². The first kappa shape index (κ1) is 41.4. The molecule has 2 heterocycles. The van der Waals surface area contributed by atoms with Crippen LogP contribution in [-0.4, -0.2) is 103 Å². The summed E-state index contributed by atoms with van der Waals surface area (Å²) in [6.45, 7) is 6.17. The third kappa shape index (κ3) is 11.3. The van der Waals surface area contributed by atoms with E-state index in [-0.39, 0.29) is 9.79 Å². The van der Waals surface area contributed by atoms with Crippen LogP contribution in [0.1, 0.15) is 38.8 Å². The molecule has 2 aromatic rings. The summed E-state index contributed by atoms with van der Waals surface area (Å²) < 4.78 is 103. The molecule has 0 radical (unpaired) electrons. The Morgan fingerprint density at radius 2 is 1.02 bits per heavy atom. The van der Waals surface area contributed by atoms with E-state index < -0.39 is 106 Å². The van der Waals surface area contributed by atoms with Gasteiger partial charge in [-0.1, -0.05) is 35.4 Å². The zero-order valence-electron chi connectivity index (χ0n) is 29.6. The highest BCUT2D eigenvalue weighted by atomic mass is 32.2. The number of hydrogen-bond acceptors (Lipinski definition) is 17. The van der Waals surface area contributed by atoms with Gasteiger partial charge < -0.3 is 33.2 Å². The molecular formula is C34H40O17S2. The van der Waals surface area contributed by atoms with Gasteiger partial charge in [-0.15, -0.1) is 0 Å². The Morgan fingerprint density at radius 1 is 0.585 bits per heavy atom. The Hall–Kier alpha value is -4.40. The van der Waals surface area contributed by atoms with E-state index in [1.807, 2.05) is 0 Å². The molecule has 0 spiro atoms. The normalized spacial score (nSPS) is 25.8. The number of esters is 4. The Balaban J connectivity index is 1.71. The van der Waals surface area contributed by atoms with Gasteiger partial charge in [-0.3, -0.25) is 27.5 Å². The Bertz CT molecular complexity index is 1870. The van der Waals surface area contributed by atoms with Crippen LogP contribution in [0.5, 0.6) is 0 Å². The maximum absolute atomic E-state index is 13.1. The highest BCUT2D eigenvalue weighted by Gasteiger charge is 2.54. The second-order valence-electron chi connectivity index (χ2n) is 12.0. The molecule has 4 rings (SSSR count). The largest absolute Gasteiger partial charge is 0.493 e. The number of hydrogen-bond donors (Lipinski definition) is 0. The van der Waals surface area contributed by atoms with Crippen LogP contribution in [-0.2, 0) is 80.9 Å². The van der Waals surface area contributed by atoms with Crippen molar-refractivity contribution in [1.29, 1.82) is 0 Å². The SMILES string of the molecule is CC(=O)O[C@H]1[C@@H](OC(C)=O)[C@@H](COS(=O)(=O)c2ccc(C)cc2)O[C@@H](O[C@H]2[C@H](OC(C)=O)C=CO[C@@H]2COS(=O)(=O)c2ccc(C)cc2)[C@@H]1OC(C)=O. The van der Waals surface area contributed by atoms with Crippen LogP contribution in [0.2, 0.25) is 0 Å². The molecule has 0 unspecified atom stereocenters. The minimum Gasteiger partial charge on any atom is -0.493 e. The van der Waals surface area contributed by atoms with Gasteiger partial charge in [0.1, 0.15) is 18.8 Å². The van der Waals surface area contributed by atoms with E-state index in [0.717, 1.165) is 45.1 Å². The standard InChI is InChI=1S/C34H40O17S2/c1-19-7-11-25(12-8-19)52(39,40)44-17-28-30(27(15-16-43-28)46-21(3)35)51-34-33(49-24(6)38)32(48-23(5)37)31(47-22(4)36)29(50-34)18-45-53(41,42)26-13-9-20(2)10-14-26/h7-16,27-34H,17-18H2,1-6H3/t27-,28-,29-,30+,31+,32+,33-,34+/m1/s1. The number of benzene rings is 2. The van der Waals surface area contributed by atoms with Gasteiger partial charge in [0.25, 0.3) is 20.2 Å². The van der Waals surface area contributed by atoms with Gasteiger partial charge in [-0.25, -0.2) is 0 Å². The van der Waals surface area contributed by atoms with Gasteiger partial charge in [0.05, 0.1) is 22.7 Å². The number of carbonyl (C=O) groups excluding carboxylic acids is 4. The molecule has 0 bridgehead atoms. The van der Waals surface area contributed by atoms with Crippen molar-refractivity contribution < 1.29 is 77.5 Å². The second kappa shape index (κ2) is 17.6. The quantitative estimate of drug-likeness (QED) is 0.152. The van der Waals surface area contributed by atoms with Crippen LogP contribution in [0.4, 0.5) is 0 Å². The summed E-state index contributed by atoms with van der Waals surface area (Å²) in [4.78, 5) is 48.8. The van der Waals surface area contributed by atoms with E-state index in [0.29, 0.717) is 0 Å². The summed E-state index contributed by atoms with van der Waals surface area (Å²) in [6.07, 6.45) is -10.1. The van der Waals surface area contributed by atoms with Gasteiger partial charge in [0.15, 0.2) is 36.8 Å². The van der Waals surface area contributed by atoms with Crippen LogP contribution in [0.3, 0.4) is 0 Å². The highest BCUT2D eigenvalue weighted by Crippen LogP contribution is 2.33. The molecular weight excluding hydrogens is 744 g/mol. The summed E-state index contributed by atoms with van der Waals surface area (Å²) in [5.41, 5.74) is 1.58. The number of rotatable bonds is 14. The van der Waals surface area contributed by atoms with Gasteiger partial charge in [0, 0.05) is 27.7 Å². The number of ether oxygens (including phenoxy) is 7. The van der Waals surface area contributed by atoms with E-state index >= 15 is 0 Å². The molecule has 19 heteroatoms. The van der Waals surface area contributed by atoms with Crippen molar-refractivity contribution in [2.24, 2.45) is 0 Å². The highest BCUT2D eigenvalue weighted by molar-refractivity contribution is 7.87. The first-order valence-electron chi connectivity index (χ1n) is 16.1. The molecule has 2 aliphatic heterocycles. The predicted molar refractivity (Wildman–Crippen MR) is 178 cm³/mol. The molecule has 0 amide bonds. The summed E-state index contributed by atoms with van der Waals surface area (Å²) in [5.74, 6) is -3.53. The van der Waals surface area contributed by atoms with E-state index in [1.165, 1.54) is 30.3 Å². The zero-order chi connectivity index (χ0) is 39.1. The topological polar surface area (TPSA) is 220 Å². The van der Waals surface area contributed by atoms with Crippen molar-refractivity contribution in [3.05, 3.63) is 72.0 Å². The molecule has 1 fully saturated rings. The van der Waals surface area contributed by atoms with Crippen molar-refractivity contribution in [2.75, 3.05) is 13.2 Å². The van der Waals surface area contributed by atoms with Crippen LogP contribution >= 0.6 is 0 Å². The first-order valence-corrected chi connectivity index (χ1v) is 18.9. The van der Waals surface area contributed by atoms with Gasteiger partial charge >= 0.3 is 23.9 Å². The van der Waals surface area contributed by atoms with E-state index in [2.05, 4.69) is 0 Å². The number of aryl methyl sites for hydroxylation is 2. The van der Waals surface area contributed by atoms with Gasteiger partial charge in [-0.2, -0.15) is 16.8 Å². The fourth-order valence-corrected chi connectivity index (χ4v) is 7.17. The summed E-state index contributed by atoms with van der Waals surface area (Å²) in [5, 5.41) is 0. The average Bonchev–Trinajstić information content (AvgIpc) is 3.06. The lowest BCUT2D eigenvalue weighted by atomic mass is 9.97. The monoisotopic (exact) mass is 784 g/mol. The van der Waals surface area contributed by atoms with E-state index in [4.69, 9.17) is 41.5 Å². The maximum Gasteiger partial charge on any atom is 0.303 e. The average molecular weight is 785 g/mol. The lowest BCUT2D eigenvalue weighted by molar-refractivity contribution is -0.327. The predicted octanol–water partition coefficient (Wildman–Crippen LogP) is 2.16. The van der Waals surface area contributed by atoms with Crippen LogP contribution in [0.15, 0.2) is 70.7 Å². The minimum atomic E-state index is -4.44. The molecule has 17 nitrogen and oxygen atoms in total. The van der Waals surface area contributed by atoms with Crippen LogP contribution < -0.4 is 0 Å². The lowest BCUT2D eigenvalue weighted by Gasteiger charge is -2.46. The van der Waals surface area contributed by atoms with Crippen molar-refractivity contribution in [3.63, 3.8) is 0 Å². The summed E-state index contributed by atoms with van der Waals surface area (Å²) >= 11 is 0. The molecule has 0 N–H and O–H groups in total. The van der Waals surface area contributed by atoms with Crippen molar-refractivity contribution in [3.8, 4) is 0 Å². The molecule has 53 heavy (non-hydrogen) atoms. The van der Waals surface area contributed by atoms with Crippen molar-refractivity contribution >= 4 is 44.1 Å². The number of carbonyl (C=O) groups is 4. The molecule has 1 saturated heterocycles. The fourth-order valence-electron chi connectivity index (χ4n) is 5.33. The van der Waals surface area contributed by atoms with E-state index in [1.54, 1.807) is 38.1 Å². The van der Waals surface area contributed by atoms with Gasteiger partial charge in [-0.05, 0) is 44.2 Å². The molecule has 2 aliphatic rings. The lowest BCUT2D eigenvalue weighted by Crippen LogP contribution is -2.64. The Morgan fingerprint density at radius 3 is 1.49 bits per heavy atom. The third-order valence-electron chi connectivity index (χ3n) is 7.70. The van der Waals surface area contributed by atoms with Crippen molar-refractivity contribution in [1.82, 2.24) is 0 Å². The molecule has 8 atom stereocenters.